The van der Waals surface area contributed by atoms with E-state index in [-0.39, 0.29) is 11.3 Å². The zero-order valence-corrected chi connectivity index (χ0v) is 12.1. The maximum absolute atomic E-state index is 12.9. The summed E-state index contributed by atoms with van der Waals surface area (Å²) in [6, 6.07) is 7.37. The number of aliphatic carboxylic acids is 1. The summed E-state index contributed by atoms with van der Waals surface area (Å²) in [7, 11) is 0. The molecule has 0 aliphatic carbocycles. The first kappa shape index (κ1) is 14.1. The highest BCUT2D eigenvalue weighted by molar-refractivity contribution is 6.00. The van der Waals surface area contributed by atoms with Crippen LogP contribution in [0, 0.1) is 5.41 Å². The minimum atomic E-state index is -0.816. The molecule has 2 aliphatic rings. The maximum atomic E-state index is 12.9. The van der Waals surface area contributed by atoms with Gasteiger partial charge in [0.15, 0.2) is 0 Å². The second-order valence-corrected chi connectivity index (χ2v) is 6.18. The van der Waals surface area contributed by atoms with E-state index in [1.807, 2.05) is 31.2 Å². The molecule has 0 saturated carbocycles. The van der Waals surface area contributed by atoms with Crippen LogP contribution in [0.3, 0.4) is 0 Å². The van der Waals surface area contributed by atoms with E-state index in [2.05, 4.69) is 5.32 Å². The smallest absolute Gasteiger partial charge is 0.311 e. The highest BCUT2D eigenvalue weighted by Gasteiger charge is 2.42. The molecule has 0 aromatic heterocycles. The van der Waals surface area contributed by atoms with Gasteiger partial charge < -0.3 is 15.3 Å². The number of carboxylic acid groups (broad SMARTS) is 1. The van der Waals surface area contributed by atoms with Gasteiger partial charge in [0.2, 0.25) is 5.91 Å². The van der Waals surface area contributed by atoms with E-state index < -0.39 is 11.9 Å². The Morgan fingerprint density at radius 2 is 2.14 bits per heavy atom. The third-order valence-electron chi connectivity index (χ3n) is 4.67. The SMILES string of the molecule is CC1(C(=O)N2CCC(C(=O)O)c3ccccc32)CCNC1. The van der Waals surface area contributed by atoms with Gasteiger partial charge >= 0.3 is 5.97 Å². The summed E-state index contributed by atoms with van der Waals surface area (Å²) >= 11 is 0. The molecular formula is C16H20N2O3. The highest BCUT2D eigenvalue weighted by Crippen LogP contribution is 2.38. The molecule has 2 heterocycles. The molecule has 1 amide bonds. The third kappa shape index (κ3) is 2.31. The van der Waals surface area contributed by atoms with E-state index in [0.29, 0.717) is 19.5 Å². The van der Waals surface area contributed by atoms with E-state index in [9.17, 15) is 14.7 Å². The van der Waals surface area contributed by atoms with Crippen molar-refractivity contribution < 1.29 is 14.7 Å². The lowest BCUT2D eigenvalue weighted by atomic mass is 9.84. The van der Waals surface area contributed by atoms with Gasteiger partial charge in [0.05, 0.1) is 11.3 Å². The van der Waals surface area contributed by atoms with Crippen molar-refractivity contribution in [1.29, 1.82) is 0 Å². The third-order valence-corrected chi connectivity index (χ3v) is 4.67. The van der Waals surface area contributed by atoms with Crippen LogP contribution in [0.15, 0.2) is 24.3 Å². The number of rotatable bonds is 2. The molecule has 2 aliphatic heterocycles. The number of carboxylic acids is 1. The van der Waals surface area contributed by atoms with Crippen molar-refractivity contribution in [2.45, 2.75) is 25.7 Å². The molecule has 0 radical (unpaired) electrons. The molecule has 112 valence electrons. The fourth-order valence-electron chi connectivity index (χ4n) is 3.35. The van der Waals surface area contributed by atoms with Gasteiger partial charge in [0.25, 0.3) is 0 Å². The van der Waals surface area contributed by atoms with Crippen molar-refractivity contribution in [2.24, 2.45) is 5.41 Å². The van der Waals surface area contributed by atoms with Crippen molar-refractivity contribution in [2.75, 3.05) is 24.5 Å². The molecular weight excluding hydrogens is 268 g/mol. The Labute approximate surface area is 123 Å². The summed E-state index contributed by atoms with van der Waals surface area (Å²) in [4.78, 5) is 26.1. The number of fused-ring (bicyclic) bond motifs is 1. The van der Waals surface area contributed by atoms with Crippen molar-refractivity contribution in [3.8, 4) is 0 Å². The monoisotopic (exact) mass is 288 g/mol. The molecule has 2 atom stereocenters. The lowest BCUT2D eigenvalue weighted by molar-refractivity contribution is -0.139. The number of carbonyl (C=O) groups is 2. The van der Waals surface area contributed by atoms with Crippen LogP contribution < -0.4 is 10.2 Å². The fraction of sp³-hybridized carbons (Fsp3) is 0.500. The summed E-state index contributed by atoms with van der Waals surface area (Å²) in [6.45, 7) is 4.01. The number of hydrogen-bond donors (Lipinski definition) is 2. The van der Waals surface area contributed by atoms with Crippen LogP contribution in [0.1, 0.15) is 31.2 Å². The number of anilines is 1. The van der Waals surface area contributed by atoms with Crippen LogP contribution in [0.5, 0.6) is 0 Å². The first-order chi connectivity index (χ1) is 10.0. The first-order valence-electron chi connectivity index (χ1n) is 7.37. The van der Waals surface area contributed by atoms with Crippen molar-refractivity contribution in [1.82, 2.24) is 5.32 Å². The molecule has 1 aromatic rings. The molecule has 0 bridgehead atoms. The molecule has 1 aromatic carbocycles. The summed E-state index contributed by atoms with van der Waals surface area (Å²) in [6.07, 6.45) is 1.30. The maximum Gasteiger partial charge on any atom is 0.311 e. The van der Waals surface area contributed by atoms with Crippen LogP contribution in [0.25, 0.3) is 0 Å². The van der Waals surface area contributed by atoms with Crippen molar-refractivity contribution in [3.05, 3.63) is 29.8 Å². The zero-order valence-electron chi connectivity index (χ0n) is 12.1. The number of nitrogens with one attached hydrogen (secondary N) is 1. The normalized spacial score (nSPS) is 28.2. The van der Waals surface area contributed by atoms with Crippen LogP contribution in [-0.4, -0.2) is 36.6 Å². The standard InChI is InChI=1S/C16H20N2O3/c1-16(7-8-17-10-16)15(21)18-9-6-12(14(19)20)11-4-2-3-5-13(11)18/h2-5,12,17H,6-10H2,1H3,(H,19,20). The molecule has 2 unspecified atom stereocenters. The largest absolute Gasteiger partial charge is 0.481 e. The Hall–Kier alpha value is -1.88. The number of carbonyl (C=O) groups excluding carboxylic acids is 1. The van der Waals surface area contributed by atoms with Gasteiger partial charge in [-0.3, -0.25) is 9.59 Å². The first-order valence-corrected chi connectivity index (χ1v) is 7.37. The minimum Gasteiger partial charge on any atom is -0.481 e. The quantitative estimate of drug-likeness (QED) is 0.867. The van der Waals surface area contributed by atoms with Gasteiger partial charge in [-0.05, 0) is 37.9 Å². The van der Waals surface area contributed by atoms with Gasteiger partial charge in [-0.1, -0.05) is 18.2 Å². The number of para-hydroxylation sites is 1. The molecule has 0 spiro atoms. The lowest BCUT2D eigenvalue weighted by Gasteiger charge is -2.37. The molecule has 3 rings (SSSR count). The number of hydrogen-bond acceptors (Lipinski definition) is 3. The van der Waals surface area contributed by atoms with Gasteiger partial charge in [0, 0.05) is 18.8 Å². The molecule has 1 fully saturated rings. The van der Waals surface area contributed by atoms with Crippen molar-refractivity contribution in [3.63, 3.8) is 0 Å². The zero-order chi connectivity index (χ0) is 15.0. The second kappa shape index (κ2) is 5.15. The summed E-state index contributed by atoms with van der Waals surface area (Å²) in [5.74, 6) is -1.23. The fourth-order valence-corrected chi connectivity index (χ4v) is 3.35. The number of amides is 1. The van der Waals surface area contributed by atoms with Crippen LogP contribution >= 0.6 is 0 Å². The Kier molecular flexibility index (Phi) is 3.45. The summed E-state index contributed by atoms with van der Waals surface area (Å²) in [5.41, 5.74) is 1.12. The average molecular weight is 288 g/mol. The van der Waals surface area contributed by atoms with E-state index in [1.54, 1.807) is 4.90 Å². The predicted octanol–water partition coefficient (Wildman–Crippen LogP) is 1.59. The van der Waals surface area contributed by atoms with E-state index in [1.165, 1.54) is 0 Å². The van der Waals surface area contributed by atoms with Gasteiger partial charge in [-0.15, -0.1) is 0 Å². The van der Waals surface area contributed by atoms with Crippen LogP contribution in [-0.2, 0) is 9.59 Å². The van der Waals surface area contributed by atoms with E-state index in [0.717, 1.165) is 24.2 Å². The second-order valence-electron chi connectivity index (χ2n) is 6.18. The molecule has 21 heavy (non-hydrogen) atoms. The van der Waals surface area contributed by atoms with Gasteiger partial charge in [-0.2, -0.15) is 0 Å². The summed E-state index contributed by atoms with van der Waals surface area (Å²) < 4.78 is 0. The summed E-state index contributed by atoms with van der Waals surface area (Å²) in [5, 5.41) is 12.6. The molecule has 2 N–H and O–H groups in total. The highest BCUT2D eigenvalue weighted by atomic mass is 16.4. The molecule has 5 nitrogen and oxygen atoms in total. The number of nitrogens with zero attached hydrogens (tertiary/aromatic N) is 1. The Morgan fingerprint density at radius 3 is 2.81 bits per heavy atom. The van der Waals surface area contributed by atoms with Gasteiger partial charge in [0.1, 0.15) is 0 Å². The Morgan fingerprint density at radius 1 is 1.38 bits per heavy atom. The van der Waals surface area contributed by atoms with Gasteiger partial charge in [-0.25, -0.2) is 0 Å². The van der Waals surface area contributed by atoms with Crippen LogP contribution in [0.2, 0.25) is 0 Å². The minimum absolute atomic E-state index is 0.101. The Bertz CT molecular complexity index is 579. The van der Waals surface area contributed by atoms with Crippen LogP contribution in [0.4, 0.5) is 5.69 Å². The number of benzene rings is 1. The predicted molar refractivity (Wildman–Crippen MR) is 79.4 cm³/mol. The van der Waals surface area contributed by atoms with E-state index in [4.69, 9.17) is 0 Å². The molecule has 1 saturated heterocycles. The molecule has 5 heteroatoms. The van der Waals surface area contributed by atoms with Crippen molar-refractivity contribution >= 4 is 17.6 Å². The van der Waals surface area contributed by atoms with E-state index >= 15 is 0 Å². The lowest BCUT2D eigenvalue weighted by Crippen LogP contribution is -2.47. The average Bonchev–Trinajstić information content (AvgIpc) is 2.93. The topological polar surface area (TPSA) is 69.6 Å². The Balaban J connectivity index is 1.96.